The highest BCUT2D eigenvalue weighted by Crippen LogP contribution is 2.36. The molecule has 0 radical (unpaired) electrons. The monoisotopic (exact) mass is 544 g/mol. The summed E-state index contributed by atoms with van der Waals surface area (Å²) in [4.78, 5) is 26.8. The number of methoxy groups -OCH3 is 1. The van der Waals surface area contributed by atoms with Crippen molar-refractivity contribution in [3.63, 3.8) is 0 Å². The minimum atomic E-state index is -4.81. The summed E-state index contributed by atoms with van der Waals surface area (Å²) in [6.07, 6.45) is -2.96. The lowest BCUT2D eigenvalue weighted by molar-refractivity contribution is -0.274. The number of aryl methyl sites for hydroxylation is 1. The van der Waals surface area contributed by atoms with E-state index in [9.17, 15) is 22.8 Å². The van der Waals surface area contributed by atoms with Crippen LogP contribution in [0, 0.1) is 0 Å². The van der Waals surface area contributed by atoms with Crippen molar-refractivity contribution in [2.75, 3.05) is 18.6 Å². The third-order valence-corrected chi connectivity index (χ3v) is 5.82. The molecule has 0 aromatic heterocycles. The minimum absolute atomic E-state index is 0.171. The van der Waals surface area contributed by atoms with Crippen molar-refractivity contribution in [1.29, 1.82) is 0 Å². The molecular weight excluding hydrogens is 513 g/mol. The molecule has 3 aromatic carbocycles. The molecule has 1 atom stereocenters. The van der Waals surface area contributed by atoms with E-state index in [2.05, 4.69) is 4.74 Å². The Balaban J connectivity index is 1.99. The predicted octanol–water partition coefficient (Wildman–Crippen LogP) is 5.85. The van der Waals surface area contributed by atoms with E-state index in [1.807, 2.05) is 37.3 Å². The van der Waals surface area contributed by atoms with Crippen LogP contribution in [0.15, 0.2) is 72.8 Å². The molecule has 39 heavy (non-hydrogen) atoms. The molecule has 0 aliphatic heterocycles. The van der Waals surface area contributed by atoms with Gasteiger partial charge in [-0.05, 0) is 60.2 Å². The van der Waals surface area contributed by atoms with Crippen LogP contribution < -0.4 is 20.1 Å². The lowest BCUT2D eigenvalue weighted by Crippen LogP contribution is -2.39. The van der Waals surface area contributed by atoms with Gasteiger partial charge in [-0.15, -0.1) is 13.2 Å². The summed E-state index contributed by atoms with van der Waals surface area (Å²) >= 11 is 0. The first-order valence-electron chi connectivity index (χ1n) is 12.5. The molecule has 0 fully saturated rings. The number of carbonyl (C=O) groups excluding carboxylic acids is 2. The fourth-order valence-corrected chi connectivity index (χ4v) is 3.98. The first-order valence-corrected chi connectivity index (χ1v) is 12.5. The van der Waals surface area contributed by atoms with Crippen molar-refractivity contribution in [2.45, 2.75) is 45.2 Å². The SMILES string of the molecule is CCCC(N)Oc1ccc(-c2ccc(OC(F)(F)F)cc2)cc1N(CCCc1ccccc1)C(=O)C(=O)OC. The average molecular weight is 545 g/mol. The quantitative estimate of drug-likeness (QED) is 0.185. The van der Waals surface area contributed by atoms with Crippen molar-refractivity contribution in [1.82, 2.24) is 0 Å². The summed E-state index contributed by atoms with van der Waals surface area (Å²) in [5, 5.41) is 0. The van der Waals surface area contributed by atoms with Crippen molar-refractivity contribution in [2.24, 2.45) is 5.73 Å². The smallest absolute Gasteiger partial charge is 0.473 e. The number of benzene rings is 3. The number of anilines is 1. The Morgan fingerprint density at radius 3 is 2.26 bits per heavy atom. The average Bonchev–Trinajstić information content (AvgIpc) is 2.91. The van der Waals surface area contributed by atoms with Gasteiger partial charge in [0.05, 0.1) is 12.8 Å². The van der Waals surface area contributed by atoms with Gasteiger partial charge in [-0.2, -0.15) is 0 Å². The Hall–Kier alpha value is -4.05. The number of ether oxygens (including phenoxy) is 3. The van der Waals surface area contributed by atoms with Gasteiger partial charge in [0.1, 0.15) is 17.7 Å². The van der Waals surface area contributed by atoms with Gasteiger partial charge >= 0.3 is 18.2 Å². The summed E-state index contributed by atoms with van der Waals surface area (Å²) < 4.78 is 52.3. The molecule has 1 unspecified atom stereocenters. The van der Waals surface area contributed by atoms with Crippen LogP contribution in [-0.2, 0) is 20.7 Å². The fraction of sp³-hybridized carbons (Fsp3) is 0.310. The molecule has 10 heteroatoms. The highest BCUT2D eigenvalue weighted by molar-refractivity contribution is 6.38. The molecule has 3 rings (SSSR count). The predicted molar refractivity (Wildman–Crippen MR) is 141 cm³/mol. The molecule has 3 aromatic rings. The second-order valence-electron chi connectivity index (χ2n) is 8.74. The number of hydrogen-bond acceptors (Lipinski definition) is 6. The second-order valence-corrected chi connectivity index (χ2v) is 8.74. The van der Waals surface area contributed by atoms with Gasteiger partial charge in [-0.1, -0.05) is 61.9 Å². The van der Waals surface area contributed by atoms with E-state index in [1.165, 1.54) is 29.2 Å². The fourth-order valence-electron chi connectivity index (χ4n) is 3.98. The largest absolute Gasteiger partial charge is 0.573 e. The van der Waals surface area contributed by atoms with E-state index in [4.69, 9.17) is 15.2 Å². The number of nitrogens with two attached hydrogens (primary N) is 1. The number of esters is 1. The molecule has 0 spiro atoms. The zero-order valence-corrected chi connectivity index (χ0v) is 21.7. The van der Waals surface area contributed by atoms with E-state index in [-0.39, 0.29) is 23.7 Å². The van der Waals surface area contributed by atoms with Crippen LogP contribution in [0.25, 0.3) is 11.1 Å². The minimum Gasteiger partial charge on any atom is -0.473 e. The number of amides is 1. The molecule has 0 aliphatic carbocycles. The Morgan fingerprint density at radius 2 is 1.64 bits per heavy atom. The highest BCUT2D eigenvalue weighted by Gasteiger charge is 2.31. The van der Waals surface area contributed by atoms with Gasteiger partial charge in [0.2, 0.25) is 0 Å². The van der Waals surface area contributed by atoms with Gasteiger partial charge in [-0.3, -0.25) is 15.4 Å². The maximum atomic E-state index is 13.1. The molecule has 0 saturated heterocycles. The standard InChI is InChI=1S/C29H31F3N2O5/c1-3-8-26(33)38-25-17-14-22(21-12-15-23(16-13-21)39-29(30,31)32)19-24(25)34(27(35)28(36)37-2)18-7-11-20-9-5-4-6-10-20/h4-6,9-10,12-17,19,26H,3,7-8,11,18,33H2,1-2H3. The van der Waals surface area contributed by atoms with E-state index >= 15 is 0 Å². The number of rotatable bonds is 11. The Morgan fingerprint density at radius 1 is 0.974 bits per heavy atom. The van der Waals surface area contributed by atoms with Gasteiger partial charge in [-0.25, -0.2) is 4.79 Å². The van der Waals surface area contributed by atoms with Crippen LogP contribution in [0.4, 0.5) is 18.9 Å². The molecule has 0 aliphatic rings. The molecular formula is C29H31F3N2O5. The number of carbonyl (C=O) groups is 2. The van der Waals surface area contributed by atoms with Gasteiger partial charge in [0.25, 0.3) is 0 Å². The van der Waals surface area contributed by atoms with Crippen molar-refractivity contribution in [3.05, 3.63) is 78.4 Å². The van der Waals surface area contributed by atoms with Crippen molar-refractivity contribution < 1.29 is 37.0 Å². The van der Waals surface area contributed by atoms with Crippen molar-refractivity contribution in [3.8, 4) is 22.6 Å². The number of hydrogen-bond donors (Lipinski definition) is 1. The van der Waals surface area contributed by atoms with E-state index in [0.717, 1.165) is 19.1 Å². The maximum Gasteiger partial charge on any atom is 0.573 e. The first-order chi connectivity index (χ1) is 18.6. The van der Waals surface area contributed by atoms with Crippen LogP contribution in [0.1, 0.15) is 31.7 Å². The van der Waals surface area contributed by atoms with Crippen LogP contribution in [0.2, 0.25) is 0 Å². The first kappa shape index (κ1) is 29.5. The van der Waals surface area contributed by atoms with Crippen LogP contribution in [-0.4, -0.2) is 38.1 Å². The van der Waals surface area contributed by atoms with Gasteiger partial charge in [0, 0.05) is 6.54 Å². The number of alkyl halides is 3. The highest BCUT2D eigenvalue weighted by atomic mass is 19.4. The summed E-state index contributed by atoms with van der Waals surface area (Å²) in [7, 11) is 1.12. The molecule has 2 N–H and O–H groups in total. The lowest BCUT2D eigenvalue weighted by atomic mass is 10.0. The molecule has 7 nitrogen and oxygen atoms in total. The van der Waals surface area contributed by atoms with E-state index in [0.29, 0.717) is 30.4 Å². The normalized spacial score (nSPS) is 11.9. The van der Waals surface area contributed by atoms with Gasteiger partial charge in [0.15, 0.2) is 0 Å². The topological polar surface area (TPSA) is 91.1 Å². The third-order valence-electron chi connectivity index (χ3n) is 5.82. The number of halogens is 3. The third kappa shape index (κ3) is 8.75. The van der Waals surface area contributed by atoms with Crippen LogP contribution in [0.5, 0.6) is 11.5 Å². The summed E-state index contributed by atoms with van der Waals surface area (Å²) in [6, 6.07) is 20.0. The second kappa shape index (κ2) is 13.7. The zero-order chi connectivity index (χ0) is 28.4. The summed E-state index contributed by atoms with van der Waals surface area (Å²) in [5.41, 5.74) is 8.61. The molecule has 0 bridgehead atoms. The molecule has 0 saturated carbocycles. The van der Waals surface area contributed by atoms with E-state index < -0.39 is 24.5 Å². The molecule has 0 heterocycles. The van der Waals surface area contributed by atoms with Crippen LogP contribution in [0.3, 0.4) is 0 Å². The number of nitrogens with zero attached hydrogens (tertiary/aromatic N) is 1. The van der Waals surface area contributed by atoms with Gasteiger partial charge < -0.3 is 14.2 Å². The Labute approximate surface area is 225 Å². The molecule has 208 valence electrons. The summed E-state index contributed by atoms with van der Waals surface area (Å²) in [6.45, 7) is 2.13. The lowest BCUT2D eigenvalue weighted by Gasteiger charge is -2.26. The maximum absolute atomic E-state index is 13.1. The summed E-state index contributed by atoms with van der Waals surface area (Å²) in [5.74, 6) is -2.00. The van der Waals surface area contributed by atoms with Crippen LogP contribution >= 0.6 is 0 Å². The van der Waals surface area contributed by atoms with E-state index in [1.54, 1.807) is 18.2 Å². The Bertz CT molecular complexity index is 1230. The molecule has 1 amide bonds. The zero-order valence-electron chi connectivity index (χ0n) is 21.7. The van der Waals surface area contributed by atoms with Crippen molar-refractivity contribution >= 4 is 17.6 Å². The Kier molecular flexibility index (Phi) is 10.3.